The van der Waals surface area contributed by atoms with Gasteiger partial charge < -0.3 is 39.5 Å². The second-order valence-corrected chi connectivity index (χ2v) is 11.0. The maximum absolute atomic E-state index is 13.6. The lowest BCUT2D eigenvalue weighted by molar-refractivity contribution is -0.174. The van der Waals surface area contributed by atoms with E-state index in [4.69, 9.17) is 19.3 Å². The molecule has 11 heteroatoms. The predicted molar refractivity (Wildman–Crippen MR) is 143 cm³/mol. The number of hydrogen-bond donors (Lipinski definition) is 4. The van der Waals surface area contributed by atoms with Crippen molar-refractivity contribution in [2.24, 2.45) is 0 Å². The molecule has 0 aromatic heterocycles. The van der Waals surface area contributed by atoms with Crippen molar-refractivity contribution in [3.05, 3.63) is 71.0 Å². The van der Waals surface area contributed by atoms with E-state index in [1.807, 2.05) is 20.9 Å². The molecule has 218 valence electrons. The van der Waals surface area contributed by atoms with Crippen LogP contribution in [0.1, 0.15) is 49.0 Å². The van der Waals surface area contributed by atoms with Crippen LogP contribution in [0.4, 0.5) is 0 Å². The fourth-order valence-electron chi connectivity index (χ4n) is 6.48. The van der Waals surface area contributed by atoms with Gasteiger partial charge in [-0.05, 0) is 51.6 Å². The molecule has 2 heterocycles. The molecule has 1 spiro atoms. The van der Waals surface area contributed by atoms with Crippen molar-refractivity contribution < 1.29 is 49.0 Å². The van der Waals surface area contributed by atoms with Crippen LogP contribution < -0.4 is 4.74 Å². The number of piperidine rings is 1. The fraction of sp³-hybridized carbons (Fsp3) is 0.433. The fourth-order valence-corrected chi connectivity index (χ4v) is 6.48. The maximum Gasteiger partial charge on any atom is 0.357 e. The average Bonchev–Trinajstić information content (AvgIpc) is 3.31. The van der Waals surface area contributed by atoms with Gasteiger partial charge in [-0.3, -0.25) is 4.79 Å². The van der Waals surface area contributed by atoms with Crippen LogP contribution in [0, 0.1) is 6.92 Å². The normalized spacial score (nSPS) is 28.2. The van der Waals surface area contributed by atoms with Crippen molar-refractivity contribution >= 4 is 17.9 Å². The number of hydrogen-bond acceptors (Lipinski definition) is 10. The molecule has 6 atom stereocenters. The molecule has 41 heavy (non-hydrogen) atoms. The second kappa shape index (κ2) is 10.5. The molecule has 1 aliphatic carbocycles. The molecule has 2 aromatic rings. The molecule has 0 saturated carbocycles. The molecular weight excluding hydrogens is 534 g/mol. The highest BCUT2D eigenvalue weighted by molar-refractivity contribution is 5.84. The minimum Gasteiger partial charge on any atom is -0.504 e. The Hall–Kier alpha value is -3.93. The highest BCUT2D eigenvalue weighted by Crippen LogP contribution is 2.62. The van der Waals surface area contributed by atoms with Gasteiger partial charge in [-0.2, -0.15) is 0 Å². The Labute approximate surface area is 236 Å². The number of likely N-dealkylation sites (N-methyl/N-ethyl adjacent to an activating group) is 1. The van der Waals surface area contributed by atoms with Gasteiger partial charge in [-0.15, -0.1) is 0 Å². The van der Waals surface area contributed by atoms with Gasteiger partial charge in [0, 0.05) is 23.6 Å². The number of likely N-dealkylation sites (tertiary alicyclic amines) is 1. The zero-order chi connectivity index (χ0) is 29.7. The Morgan fingerprint density at radius 2 is 1.88 bits per heavy atom. The molecule has 11 nitrogen and oxygen atoms in total. The first-order chi connectivity index (χ1) is 19.4. The number of nitrogens with zero attached hydrogens (tertiary/aromatic N) is 1. The largest absolute Gasteiger partial charge is 0.504 e. The van der Waals surface area contributed by atoms with Gasteiger partial charge in [0.15, 0.2) is 23.7 Å². The lowest BCUT2D eigenvalue weighted by Gasteiger charge is -2.58. The second-order valence-electron chi connectivity index (χ2n) is 11.0. The zero-order valence-electron chi connectivity index (χ0n) is 22.9. The molecule has 5 rings (SSSR count). The van der Waals surface area contributed by atoms with E-state index in [-0.39, 0.29) is 35.3 Å². The molecule has 2 aliphatic heterocycles. The van der Waals surface area contributed by atoms with Gasteiger partial charge in [0.05, 0.1) is 17.4 Å². The lowest BCUT2D eigenvalue weighted by atomic mass is 9.54. The van der Waals surface area contributed by atoms with E-state index in [9.17, 15) is 29.7 Å². The summed E-state index contributed by atoms with van der Waals surface area (Å²) in [5.41, 5.74) is -0.624. The molecule has 0 amide bonds. The maximum atomic E-state index is 13.6. The molecule has 3 aliphatic rings. The number of aryl methyl sites for hydroxylation is 1. The number of ether oxygens (including phenoxy) is 3. The minimum absolute atomic E-state index is 0.0953. The van der Waals surface area contributed by atoms with Gasteiger partial charge in [-0.1, -0.05) is 36.4 Å². The van der Waals surface area contributed by atoms with Crippen molar-refractivity contribution in [2.75, 3.05) is 13.6 Å². The molecule has 2 unspecified atom stereocenters. The summed E-state index contributed by atoms with van der Waals surface area (Å²) in [5.74, 6) is -3.44. The van der Waals surface area contributed by atoms with Gasteiger partial charge in [0.1, 0.15) is 5.76 Å². The van der Waals surface area contributed by atoms with Crippen LogP contribution in [-0.4, -0.2) is 80.7 Å². The zero-order valence-corrected chi connectivity index (χ0v) is 22.9. The highest BCUT2D eigenvalue weighted by Gasteiger charge is 2.69. The summed E-state index contributed by atoms with van der Waals surface area (Å²) < 4.78 is 17.5. The third-order valence-corrected chi connectivity index (χ3v) is 8.76. The number of carbonyl (C=O) groups is 3. The number of aromatic hydroxyl groups is 1. The molecule has 1 fully saturated rings. The molecule has 0 radical (unpaired) electrons. The number of phenols is 1. The van der Waals surface area contributed by atoms with Crippen LogP contribution in [0.5, 0.6) is 11.5 Å². The van der Waals surface area contributed by atoms with Crippen LogP contribution in [0.15, 0.2) is 54.3 Å². The number of fused-ring (bicyclic) bond motifs is 1. The van der Waals surface area contributed by atoms with Gasteiger partial charge in [0.25, 0.3) is 0 Å². The van der Waals surface area contributed by atoms with E-state index >= 15 is 0 Å². The van der Waals surface area contributed by atoms with Crippen LogP contribution in [0.3, 0.4) is 0 Å². The number of aliphatic hydroxyl groups excluding tert-OH is 1. The third-order valence-electron chi connectivity index (χ3n) is 8.76. The summed E-state index contributed by atoms with van der Waals surface area (Å²) in [6.45, 7) is 4.41. The number of carbonyl (C=O) groups excluding carboxylic acids is 2. The van der Waals surface area contributed by atoms with E-state index in [0.29, 0.717) is 18.5 Å². The summed E-state index contributed by atoms with van der Waals surface area (Å²) >= 11 is 0. The van der Waals surface area contributed by atoms with Crippen molar-refractivity contribution in [3.8, 4) is 11.5 Å². The molecule has 1 saturated heterocycles. The van der Waals surface area contributed by atoms with E-state index < -0.39 is 53.7 Å². The van der Waals surface area contributed by atoms with Crippen molar-refractivity contribution in [3.63, 3.8) is 0 Å². The van der Waals surface area contributed by atoms with Crippen LogP contribution in [-0.2, 0) is 29.3 Å². The van der Waals surface area contributed by atoms with E-state index in [0.717, 1.165) is 5.56 Å². The Kier molecular flexibility index (Phi) is 7.31. The van der Waals surface area contributed by atoms with Gasteiger partial charge in [0.2, 0.25) is 6.10 Å². The van der Waals surface area contributed by atoms with Gasteiger partial charge >= 0.3 is 17.9 Å². The topological polar surface area (TPSA) is 163 Å². The van der Waals surface area contributed by atoms with Crippen molar-refractivity contribution in [2.45, 2.75) is 68.5 Å². The summed E-state index contributed by atoms with van der Waals surface area (Å²) in [7, 11) is 1.93. The number of esters is 2. The molecular formula is C30H33NO10. The number of phenolic OH excluding ortho intramolecular Hbond substituents is 1. The first-order valence-corrected chi connectivity index (χ1v) is 13.4. The van der Waals surface area contributed by atoms with Crippen molar-refractivity contribution in [1.82, 2.24) is 4.90 Å². The van der Waals surface area contributed by atoms with E-state index in [1.165, 1.54) is 6.07 Å². The van der Waals surface area contributed by atoms with Crippen LogP contribution in [0.25, 0.3) is 0 Å². The number of carboxylic acids is 1. The smallest absolute Gasteiger partial charge is 0.357 e. The number of carboxylic acid groups (broad SMARTS) is 1. The summed E-state index contributed by atoms with van der Waals surface area (Å²) in [4.78, 5) is 39.2. The SMILES string of the molecule is Cc1ccc(O)c2c1C13CCN(C)[C@H](C)[C@]1(O)CC=C(OC(=O)[C@@H](OC(=O)C[C@H](O)C(=O)O)c1ccccc1)C3O2. The third kappa shape index (κ3) is 4.54. The summed E-state index contributed by atoms with van der Waals surface area (Å²) in [5, 5.41) is 41.6. The Bertz CT molecular complexity index is 1410. The summed E-state index contributed by atoms with van der Waals surface area (Å²) in [6.07, 6.45) is -3.24. The van der Waals surface area contributed by atoms with E-state index in [1.54, 1.807) is 42.5 Å². The molecule has 2 aromatic carbocycles. The van der Waals surface area contributed by atoms with Crippen LogP contribution >= 0.6 is 0 Å². The molecule has 0 bridgehead atoms. The van der Waals surface area contributed by atoms with E-state index in [2.05, 4.69) is 4.90 Å². The first kappa shape index (κ1) is 28.6. The Balaban J connectivity index is 1.51. The molecule has 4 N–H and O–H groups in total. The number of aliphatic hydroxyl groups is 2. The quantitative estimate of drug-likeness (QED) is 0.362. The lowest BCUT2D eigenvalue weighted by Crippen LogP contribution is -2.71. The highest BCUT2D eigenvalue weighted by atomic mass is 16.6. The first-order valence-electron chi connectivity index (χ1n) is 13.4. The summed E-state index contributed by atoms with van der Waals surface area (Å²) in [6, 6.07) is 11.0. The number of rotatable bonds is 7. The monoisotopic (exact) mass is 567 g/mol. The van der Waals surface area contributed by atoms with Gasteiger partial charge in [-0.25, -0.2) is 9.59 Å². The van der Waals surface area contributed by atoms with Crippen molar-refractivity contribution in [1.29, 1.82) is 0 Å². The Morgan fingerprint density at radius 3 is 2.56 bits per heavy atom. The predicted octanol–water partition coefficient (Wildman–Crippen LogP) is 2.11. The van der Waals surface area contributed by atoms with Crippen LogP contribution in [0.2, 0.25) is 0 Å². The standard InChI is InChI=1S/C30H33NO10/c1-16-9-10-19(32)25-23(16)29-13-14-31(3)17(2)30(29,38)12-11-21(26(29)41-25)39-28(37)24(18-7-5-4-6-8-18)40-22(34)15-20(33)27(35)36/h4-11,17,20,24,26,32-33,38H,12-15H2,1-3H3,(H,35,36)/t17-,20+,24+,26?,29?,30-/m1/s1. The number of benzene rings is 2. The average molecular weight is 568 g/mol. The Morgan fingerprint density at radius 1 is 1.17 bits per heavy atom. The minimum atomic E-state index is -2.00. The number of aliphatic carboxylic acids is 1.